The molecule has 1 heterocycles. The summed E-state index contributed by atoms with van der Waals surface area (Å²) in [6.45, 7) is 6.31. The number of benzene rings is 1. The van der Waals surface area contributed by atoms with Crippen LogP contribution < -0.4 is 9.47 Å². The van der Waals surface area contributed by atoms with Crippen LogP contribution in [-0.4, -0.2) is 18.5 Å². The van der Waals surface area contributed by atoms with E-state index in [0.717, 1.165) is 23.3 Å². The Balaban J connectivity index is 2.65. The first-order chi connectivity index (χ1) is 8.01. The van der Waals surface area contributed by atoms with E-state index in [1.807, 2.05) is 19.9 Å². The standard InChI is InChI=1S/C13H17ClO3/c1-4-8-9(13(2,3)6-15)5-10(14)12-11(8)16-7-17-12/h5,15H,4,6-7H2,1-3H3. The molecule has 0 spiro atoms. The monoisotopic (exact) mass is 256 g/mol. The zero-order valence-electron chi connectivity index (χ0n) is 10.3. The number of halogens is 1. The molecular formula is C13H17ClO3. The summed E-state index contributed by atoms with van der Waals surface area (Å²) in [5, 5.41) is 10.0. The van der Waals surface area contributed by atoms with Crippen LogP contribution in [0, 0.1) is 0 Å². The van der Waals surface area contributed by atoms with Gasteiger partial charge >= 0.3 is 0 Å². The van der Waals surface area contributed by atoms with E-state index in [1.54, 1.807) is 0 Å². The lowest BCUT2D eigenvalue weighted by Gasteiger charge is -2.26. The van der Waals surface area contributed by atoms with Crippen LogP contribution in [0.15, 0.2) is 6.07 Å². The van der Waals surface area contributed by atoms with Crippen LogP contribution in [0.1, 0.15) is 31.9 Å². The predicted octanol–water partition coefficient (Wildman–Crippen LogP) is 2.90. The zero-order chi connectivity index (χ0) is 12.6. The van der Waals surface area contributed by atoms with E-state index in [4.69, 9.17) is 21.1 Å². The van der Waals surface area contributed by atoms with E-state index in [2.05, 4.69) is 6.92 Å². The van der Waals surface area contributed by atoms with Gasteiger partial charge in [0.25, 0.3) is 0 Å². The Morgan fingerprint density at radius 3 is 2.59 bits per heavy atom. The minimum atomic E-state index is -0.337. The van der Waals surface area contributed by atoms with Gasteiger partial charge in [-0.25, -0.2) is 0 Å². The van der Waals surface area contributed by atoms with Crippen LogP contribution in [0.3, 0.4) is 0 Å². The molecule has 0 saturated heterocycles. The van der Waals surface area contributed by atoms with Crippen molar-refractivity contribution in [2.75, 3.05) is 13.4 Å². The van der Waals surface area contributed by atoms with Crippen LogP contribution >= 0.6 is 11.6 Å². The van der Waals surface area contributed by atoms with Crippen LogP contribution in [0.25, 0.3) is 0 Å². The van der Waals surface area contributed by atoms with E-state index in [0.29, 0.717) is 10.8 Å². The maximum Gasteiger partial charge on any atom is 0.231 e. The van der Waals surface area contributed by atoms with Crippen molar-refractivity contribution in [3.63, 3.8) is 0 Å². The van der Waals surface area contributed by atoms with E-state index >= 15 is 0 Å². The molecule has 0 bridgehead atoms. The van der Waals surface area contributed by atoms with Gasteiger partial charge in [0.05, 0.1) is 11.6 Å². The van der Waals surface area contributed by atoms with Crippen LogP contribution in [0.2, 0.25) is 5.02 Å². The predicted molar refractivity (Wildman–Crippen MR) is 67.1 cm³/mol. The number of aliphatic hydroxyl groups excluding tert-OH is 1. The minimum Gasteiger partial charge on any atom is -0.453 e. The van der Waals surface area contributed by atoms with Gasteiger partial charge in [-0.15, -0.1) is 0 Å². The van der Waals surface area contributed by atoms with Crippen molar-refractivity contribution in [3.05, 3.63) is 22.2 Å². The third-order valence-electron chi connectivity index (χ3n) is 3.18. The van der Waals surface area contributed by atoms with E-state index < -0.39 is 0 Å². The SMILES string of the molecule is CCc1c(C(C)(C)CO)cc(Cl)c2c1OCO2. The van der Waals surface area contributed by atoms with Crippen molar-refractivity contribution in [1.82, 2.24) is 0 Å². The molecule has 3 nitrogen and oxygen atoms in total. The molecule has 1 N–H and O–H groups in total. The van der Waals surface area contributed by atoms with Gasteiger partial charge in [-0.1, -0.05) is 32.4 Å². The van der Waals surface area contributed by atoms with Crippen molar-refractivity contribution in [1.29, 1.82) is 0 Å². The Morgan fingerprint density at radius 2 is 2.00 bits per heavy atom. The first-order valence-corrected chi connectivity index (χ1v) is 6.11. The summed E-state index contributed by atoms with van der Waals surface area (Å²) in [7, 11) is 0. The second-order valence-corrected chi connectivity index (χ2v) is 5.25. The lowest BCUT2D eigenvalue weighted by atomic mass is 9.81. The van der Waals surface area contributed by atoms with E-state index in [-0.39, 0.29) is 18.8 Å². The fraction of sp³-hybridized carbons (Fsp3) is 0.538. The molecule has 17 heavy (non-hydrogen) atoms. The van der Waals surface area contributed by atoms with Gasteiger partial charge in [-0.2, -0.15) is 0 Å². The third kappa shape index (κ3) is 1.98. The lowest BCUT2D eigenvalue weighted by Crippen LogP contribution is -2.24. The fourth-order valence-electron chi connectivity index (χ4n) is 2.12. The smallest absolute Gasteiger partial charge is 0.231 e. The molecule has 0 fully saturated rings. The number of hydrogen-bond donors (Lipinski definition) is 1. The summed E-state index contributed by atoms with van der Waals surface area (Å²) in [4.78, 5) is 0. The molecule has 4 heteroatoms. The average molecular weight is 257 g/mol. The van der Waals surface area contributed by atoms with Gasteiger partial charge in [0.15, 0.2) is 11.5 Å². The highest BCUT2D eigenvalue weighted by atomic mass is 35.5. The Bertz CT molecular complexity index is 441. The summed E-state index contributed by atoms with van der Waals surface area (Å²) in [5.41, 5.74) is 1.76. The first kappa shape index (κ1) is 12.5. The van der Waals surface area contributed by atoms with Crippen molar-refractivity contribution >= 4 is 11.6 Å². The van der Waals surface area contributed by atoms with Gasteiger partial charge in [-0.3, -0.25) is 0 Å². The molecule has 1 aliphatic heterocycles. The molecule has 0 atom stereocenters. The topological polar surface area (TPSA) is 38.7 Å². The number of hydrogen-bond acceptors (Lipinski definition) is 3. The maximum absolute atomic E-state index is 9.49. The normalized spacial score (nSPS) is 14.2. The minimum absolute atomic E-state index is 0.0654. The van der Waals surface area contributed by atoms with Crippen molar-refractivity contribution < 1.29 is 14.6 Å². The van der Waals surface area contributed by atoms with Crippen molar-refractivity contribution in [2.45, 2.75) is 32.6 Å². The van der Waals surface area contributed by atoms with E-state index in [1.165, 1.54) is 0 Å². The maximum atomic E-state index is 9.49. The lowest BCUT2D eigenvalue weighted by molar-refractivity contribution is 0.173. The number of rotatable bonds is 3. The zero-order valence-corrected chi connectivity index (χ0v) is 11.1. The van der Waals surface area contributed by atoms with Gasteiger partial charge in [0.2, 0.25) is 6.79 Å². The van der Waals surface area contributed by atoms with Crippen LogP contribution in [0.5, 0.6) is 11.5 Å². The van der Waals surface area contributed by atoms with Gasteiger partial charge < -0.3 is 14.6 Å². The van der Waals surface area contributed by atoms with Crippen LogP contribution in [0.4, 0.5) is 0 Å². The van der Waals surface area contributed by atoms with Crippen molar-refractivity contribution in [3.8, 4) is 11.5 Å². The molecule has 94 valence electrons. The Labute approximate surface area is 106 Å². The molecular weight excluding hydrogens is 240 g/mol. The highest BCUT2D eigenvalue weighted by Crippen LogP contribution is 2.46. The Morgan fingerprint density at radius 1 is 1.35 bits per heavy atom. The summed E-state index contributed by atoms with van der Waals surface area (Å²) in [6.07, 6.45) is 0.821. The molecule has 0 unspecified atom stereocenters. The summed E-state index contributed by atoms with van der Waals surface area (Å²) >= 11 is 6.18. The Kier molecular flexibility index (Phi) is 3.23. The molecule has 1 aliphatic rings. The van der Waals surface area contributed by atoms with E-state index in [9.17, 15) is 5.11 Å². The molecule has 2 rings (SSSR count). The molecule has 0 amide bonds. The second-order valence-electron chi connectivity index (χ2n) is 4.84. The Hall–Kier alpha value is -0.930. The second kappa shape index (κ2) is 4.39. The molecule has 1 aromatic rings. The highest BCUT2D eigenvalue weighted by Gasteiger charge is 2.30. The first-order valence-electron chi connectivity index (χ1n) is 5.73. The molecule has 0 aromatic heterocycles. The fourth-order valence-corrected chi connectivity index (χ4v) is 2.37. The van der Waals surface area contributed by atoms with Gasteiger partial charge in [-0.05, 0) is 18.1 Å². The van der Waals surface area contributed by atoms with Gasteiger partial charge in [0.1, 0.15) is 0 Å². The number of aliphatic hydroxyl groups is 1. The average Bonchev–Trinajstić information content (AvgIpc) is 2.78. The molecule has 1 aromatic carbocycles. The molecule has 0 aliphatic carbocycles. The largest absolute Gasteiger partial charge is 0.453 e. The van der Waals surface area contributed by atoms with Crippen molar-refractivity contribution in [2.24, 2.45) is 0 Å². The highest BCUT2D eigenvalue weighted by molar-refractivity contribution is 6.32. The molecule has 0 radical (unpaired) electrons. The number of ether oxygens (including phenoxy) is 2. The quantitative estimate of drug-likeness (QED) is 0.904. The summed E-state index contributed by atoms with van der Waals surface area (Å²) in [5.74, 6) is 1.36. The summed E-state index contributed by atoms with van der Waals surface area (Å²) in [6, 6.07) is 1.88. The third-order valence-corrected chi connectivity index (χ3v) is 3.46. The van der Waals surface area contributed by atoms with Crippen LogP contribution in [-0.2, 0) is 11.8 Å². The molecule has 0 saturated carbocycles. The number of fused-ring (bicyclic) bond motifs is 1. The summed E-state index contributed by atoms with van der Waals surface area (Å²) < 4.78 is 10.8. The van der Waals surface area contributed by atoms with Gasteiger partial charge in [0, 0.05) is 11.0 Å².